The third kappa shape index (κ3) is 2.55. The van der Waals surface area contributed by atoms with E-state index >= 15 is 0 Å². The summed E-state index contributed by atoms with van der Waals surface area (Å²) in [5.41, 5.74) is 1.97. The van der Waals surface area contributed by atoms with Gasteiger partial charge in [-0.25, -0.2) is 0 Å². The Morgan fingerprint density at radius 2 is 2.11 bits per heavy atom. The molecule has 0 saturated carbocycles. The van der Waals surface area contributed by atoms with Crippen molar-refractivity contribution in [2.24, 2.45) is 0 Å². The van der Waals surface area contributed by atoms with Crippen molar-refractivity contribution in [2.75, 3.05) is 25.5 Å². The SMILES string of the molecule is CN1CCC(NC2C(=O)Nc3cccc(Br)c32)CC1. The number of nitrogens with one attached hydrogen (secondary N) is 2. The monoisotopic (exact) mass is 323 g/mol. The Morgan fingerprint density at radius 1 is 1.37 bits per heavy atom. The van der Waals surface area contributed by atoms with Crippen LogP contribution >= 0.6 is 15.9 Å². The Hall–Kier alpha value is -0.910. The number of anilines is 1. The molecule has 102 valence electrons. The van der Waals surface area contributed by atoms with E-state index in [0.29, 0.717) is 6.04 Å². The van der Waals surface area contributed by atoms with Gasteiger partial charge in [0.1, 0.15) is 6.04 Å². The lowest BCUT2D eigenvalue weighted by atomic mass is 10.0. The molecule has 2 aliphatic rings. The van der Waals surface area contributed by atoms with Gasteiger partial charge < -0.3 is 10.2 Å². The lowest BCUT2D eigenvalue weighted by Crippen LogP contribution is -2.43. The van der Waals surface area contributed by atoms with Gasteiger partial charge in [-0.05, 0) is 45.1 Å². The van der Waals surface area contributed by atoms with Crippen LogP contribution in [0.1, 0.15) is 24.4 Å². The standard InChI is InChI=1S/C14H18BrN3O/c1-18-7-5-9(6-8-18)16-13-12-10(15)3-2-4-11(12)17-14(13)19/h2-4,9,13,16H,5-8H2,1H3,(H,17,19). The quantitative estimate of drug-likeness (QED) is 0.876. The summed E-state index contributed by atoms with van der Waals surface area (Å²) in [6, 6.07) is 6.08. The Labute approximate surface area is 121 Å². The molecule has 1 saturated heterocycles. The Kier molecular flexibility index (Phi) is 3.60. The summed E-state index contributed by atoms with van der Waals surface area (Å²) in [4.78, 5) is 14.4. The minimum absolute atomic E-state index is 0.0563. The largest absolute Gasteiger partial charge is 0.324 e. The topological polar surface area (TPSA) is 44.4 Å². The highest BCUT2D eigenvalue weighted by Crippen LogP contribution is 2.37. The average Bonchev–Trinajstić information content (AvgIpc) is 2.70. The molecular weight excluding hydrogens is 306 g/mol. The molecule has 2 N–H and O–H groups in total. The fourth-order valence-corrected chi connectivity index (χ4v) is 3.44. The molecule has 0 bridgehead atoms. The van der Waals surface area contributed by atoms with Crippen LogP contribution in [0, 0.1) is 0 Å². The van der Waals surface area contributed by atoms with Crippen LogP contribution < -0.4 is 10.6 Å². The summed E-state index contributed by atoms with van der Waals surface area (Å²) in [5.74, 6) is 0.0563. The molecule has 19 heavy (non-hydrogen) atoms. The van der Waals surface area contributed by atoms with Crippen molar-refractivity contribution in [1.29, 1.82) is 0 Å². The first-order valence-electron chi connectivity index (χ1n) is 6.69. The summed E-state index contributed by atoms with van der Waals surface area (Å²) in [6.07, 6.45) is 2.19. The van der Waals surface area contributed by atoms with Crippen LogP contribution in [-0.2, 0) is 4.79 Å². The van der Waals surface area contributed by atoms with Crippen molar-refractivity contribution in [2.45, 2.75) is 24.9 Å². The minimum atomic E-state index is -0.223. The highest BCUT2D eigenvalue weighted by molar-refractivity contribution is 9.10. The number of nitrogens with zero attached hydrogens (tertiary/aromatic N) is 1. The molecule has 1 aromatic rings. The van der Waals surface area contributed by atoms with E-state index in [1.807, 2.05) is 18.2 Å². The molecule has 4 nitrogen and oxygen atoms in total. The number of carbonyl (C=O) groups excluding carboxylic acids is 1. The second kappa shape index (κ2) is 5.23. The van der Waals surface area contributed by atoms with Crippen LogP contribution in [0.2, 0.25) is 0 Å². The first-order chi connectivity index (χ1) is 9.15. The fraction of sp³-hybridized carbons (Fsp3) is 0.500. The Morgan fingerprint density at radius 3 is 2.84 bits per heavy atom. The van der Waals surface area contributed by atoms with Crippen LogP contribution in [0.3, 0.4) is 0 Å². The van der Waals surface area contributed by atoms with Crippen molar-refractivity contribution in [3.8, 4) is 0 Å². The van der Waals surface area contributed by atoms with Crippen molar-refractivity contribution in [3.05, 3.63) is 28.2 Å². The highest BCUT2D eigenvalue weighted by atomic mass is 79.9. The van der Waals surface area contributed by atoms with E-state index < -0.39 is 0 Å². The summed E-state index contributed by atoms with van der Waals surface area (Å²) >= 11 is 3.55. The zero-order chi connectivity index (χ0) is 13.4. The van der Waals surface area contributed by atoms with Gasteiger partial charge in [-0.1, -0.05) is 22.0 Å². The molecule has 0 aliphatic carbocycles. The first-order valence-corrected chi connectivity index (χ1v) is 7.48. The third-order valence-electron chi connectivity index (χ3n) is 3.98. The van der Waals surface area contributed by atoms with Gasteiger partial charge >= 0.3 is 0 Å². The van der Waals surface area contributed by atoms with Crippen LogP contribution in [0.4, 0.5) is 5.69 Å². The maximum atomic E-state index is 12.1. The second-order valence-corrected chi connectivity index (χ2v) is 6.22. The van der Waals surface area contributed by atoms with Gasteiger partial charge in [-0.15, -0.1) is 0 Å². The van der Waals surface area contributed by atoms with Crippen LogP contribution in [0.15, 0.2) is 22.7 Å². The predicted octanol–water partition coefficient (Wildman–Crippen LogP) is 2.13. The molecular formula is C14H18BrN3O. The average molecular weight is 324 g/mol. The van der Waals surface area contributed by atoms with Gasteiger partial charge in [0.05, 0.1) is 0 Å². The number of hydrogen-bond acceptors (Lipinski definition) is 3. The lowest BCUT2D eigenvalue weighted by Gasteiger charge is -2.31. The zero-order valence-electron chi connectivity index (χ0n) is 10.9. The summed E-state index contributed by atoms with van der Waals surface area (Å²) < 4.78 is 0.994. The highest BCUT2D eigenvalue weighted by Gasteiger charge is 2.34. The van der Waals surface area contributed by atoms with Crippen LogP contribution in [0.5, 0.6) is 0 Å². The van der Waals surface area contributed by atoms with E-state index in [0.717, 1.165) is 41.7 Å². The molecule has 0 radical (unpaired) electrons. The van der Waals surface area contributed by atoms with Crippen molar-refractivity contribution in [1.82, 2.24) is 10.2 Å². The van der Waals surface area contributed by atoms with Gasteiger partial charge in [0.2, 0.25) is 5.91 Å². The van der Waals surface area contributed by atoms with Gasteiger partial charge in [-0.2, -0.15) is 0 Å². The first kappa shape index (κ1) is 13.1. The molecule has 1 unspecified atom stereocenters. The molecule has 0 aromatic heterocycles. The van der Waals surface area contributed by atoms with Crippen molar-refractivity contribution >= 4 is 27.5 Å². The number of fused-ring (bicyclic) bond motifs is 1. The third-order valence-corrected chi connectivity index (χ3v) is 4.67. The normalized spacial score (nSPS) is 24.3. The fourth-order valence-electron chi connectivity index (χ4n) is 2.85. The lowest BCUT2D eigenvalue weighted by molar-refractivity contribution is -0.118. The van der Waals surface area contributed by atoms with Crippen LogP contribution in [0.25, 0.3) is 0 Å². The summed E-state index contributed by atoms with van der Waals surface area (Å²) in [6.45, 7) is 2.18. The number of amides is 1. The van der Waals surface area contributed by atoms with Crippen molar-refractivity contribution in [3.63, 3.8) is 0 Å². The van der Waals surface area contributed by atoms with Gasteiger partial charge in [0.15, 0.2) is 0 Å². The minimum Gasteiger partial charge on any atom is -0.324 e. The van der Waals surface area contributed by atoms with E-state index in [-0.39, 0.29) is 11.9 Å². The van der Waals surface area contributed by atoms with E-state index in [1.54, 1.807) is 0 Å². The zero-order valence-corrected chi connectivity index (χ0v) is 12.5. The van der Waals surface area contributed by atoms with E-state index in [1.165, 1.54) is 0 Å². The van der Waals surface area contributed by atoms with Gasteiger partial charge in [0, 0.05) is 21.8 Å². The van der Waals surface area contributed by atoms with E-state index in [9.17, 15) is 4.79 Å². The summed E-state index contributed by atoms with van der Waals surface area (Å²) in [7, 11) is 2.14. The molecule has 1 aromatic carbocycles. The number of piperidine rings is 1. The number of hydrogen-bond donors (Lipinski definition) is 2. The number of benzene rings is 1. The molecule has 5 heteroatoms. The maximum absolute atomic E-state index is 12.1. The number of halogens is 1. The second-order valence-electron chi connectivity index (χ2n) is 5.37. The van der Waals surface area contributed by atoms with E-state index in [2.05, 4.69) is 38.5 Å². The van der Waals surface area contributed by atoms with Gasteiger partial charge in [0.25, 0.3) is 0 Å². The van der Waals surface area contributed by atoms with E-state index in [4.69, 9.17) is 0 Å². The Balaban J connectivity index is 1.77. The number of carbonyl (C=O) groups is 1. The van der Waals surface area contributed by atoms with Crippen molar-refractivity contribution < 1.29 is 4.79 Å². The molecule has 3 rings (SSSR count). The Bertz CT molecular complexity index is 497. The smallest absolute Gasteiger partial charge is 0.246 e. The van der Waals surface area contributed by atoms with Gasteiger partial charge in [-0.3, -0.25) is 10.1 Å². The van der Waals surface area contributed by atoms with Crippen LogP contribution in [-0.4, -0.2) is 37.0 Å². The maximum Gasteiger partial charge on any atom is 0.246 e. The molecule has 1 atom stereocenters. The molecule has 1 fully saturated rings. The number of rotatable bonds is 2. The molecule has 1 amide bonds. The summed E-state index contributed by atoms with van der Waals surface area (Å²) in [5, 5.41) is 6.46. The molecule has 2 heterocycles. The molecule has 2 aliphatic heterocycles. The number of likely N-dealkylation sites (tertiary alicyclic amines) is 1. The predicted molar refractivity (Wildman–Crippen MR) is 79.2 cm³/mol. The molecule has 0 spiro atoms.